The van der Waals surface area contributed by atoms with E-state index in [9.17, 15) is 22.8 Å². The molecule has 0 aromatic rings. The number of hydrogen-bond donors (Lipinski definition) is 0. The lowest BCUT2D eigenvalue weighted by Gasteiger charge is -2.27. The molecule has 0 heterocycles. The second-order valence-corrected chi connectivity index (χ2v) is 5.73. The van der Waals surface area contributed by atoms with Gasteiger partial charge in [-0.15, -0.1) is 0 Å². The Kier molecular flexibility index (Phi) is 6.82. The highest BCUT2D eigenvalue weighted by Crippen LogP contribution is 2.20. The van der Waals surface area contributed by atoms with Crippen molar-refractivity contribution in [3.05, 3.63) is 0 Å². The highest BCUT2D eigenvalue weighted by Gasteiger charge is 2.36. The second-order valence-electron chi connectivity index (χ2n) is 4.74. The summed E-state index contributed by atoms with van der Waals surface area (Å²) in [5.74, 6) is -1.46. The normalized spacial score (nSPS) is 13.3. The fourth-order valence-electron chi connectivity index (χ4n) is 1.19. The summed E-state index contributed by atoms with van der Waals surface area (Å²) in [6.45, 7) is 1.40. The summed E-state index contributed by atoms with van der Waals surface area (Å²) >= 11 is 3.06. The minimum atomic E-state index is -4.54. The van der Waals surface area contributed by atoms with Crippen LogP contribution in [0.2, 0.25) is 0 Å². The third-order valence-electron chi connectivity index (χ3n) is 2.33. The van der Waals surface area contributed by atoms with Crippen LogP contribution in [0.1, 0.15) is 13.8 Å². The first-order chi connectivity index (χ1) is 8.45. The average Bonchev–Trinajstić information content (AvgIpc) is 2.23. The highest BCUT2D eigenvalue weighted by molar-refractivity contribution is 9.10. The van der Waals surface area contributed by atoms with Crippen LogP contribution in [0.25, 0.3) is 0 Å². The molecule has 1 atom stereocenters. The molecular formula is C11H18BrF3N2O2. The summed E-state index contributed by atoms with van der Waals surface area (Å²) in [6, 6.07) is 0. The fourth-order valence-corrected chi connectivity index (χ4v) is 1.48. The van der Waals surface area contributed by atoms with Crippen molar-refractivity contribution in [2.24, 2.45) is 5.92 Å². The molecule has 8 heteroatoms. The van der Waals surface area contributed by atoms with Crippen LogP contribution in [-0.4, -0.2) is 59.8 Å². The van der Waals surface area contributed by atoms with Crippen molar-refractivity contribution in [3.8, 4) is 0 Å². The Bertz CT molecular complexity index is 332. The van der Waals surface area contributed by atoms with Crippen LogP contribution in [0.5, 0.6) is 0 Å². The van der Waals surface area contributed by atoms with Gasteiger partial charge in [-0.05, 0) is 5.92 Å². The first kappa shape index (κ1) is 18.2. The Labute approximate surface area is 119 Å². The van der Waals surface area contributed by atoms with E-state index in [0.717, 1.165) is 4.90 Å². The highest BCUT2D eigenvalue weighted by atomic mass is 79.9. The van der Waals surface area contributed by atoms with Crippen LogP contribution in [-0.2, 0) is 9.59 Å². The van der Waals surface area contributed by atoms with Gasteiger partial charge in [0, 0.05) is 14.1 Å². The maximum absolute atomic E-state index is 12.4. The van der Waals surface area contributed by atoms with Gasteiger partial charge >= 0.3 is 6.18 Å². The number of rotatable bonds is 5. The van der Waals surface area contributed by atoms with Gasteiger partial charge in [0.25, 0.3) is 0 Å². The summed E-state index contributed by atoms with van der Waals surface area (Å²) in [6.07, 6.45) is -4.54. The standard InChI is InChI=1S/C11H18BrF3N2O2/c1-7(2)9(12)10(19)17(6-11(13,14)15)5-8(18)16(3)4/h7,9H,5-6H2,1-4H3. The third-order valence-corrected chi connectivity index (χ3v) is 3.78. The Morgan fingerprint density at radius 1 is 1.21 bits per heavy atom. The van der Waals surface area contributed by atoms with Gasteiger partial charge in [-0.2, -0.15) is 13.2 Å². The van der Waals surface area contributed by atoms with Crippen LogP contribution >= 0.6 is 15.9 Å². The number of hydrogen-bond acceptors (Lipinski definition) is 2. The number of halogens is 4. The summed E-state index contributed by atoms with van der Waals surface area (Å²) < 4.78 is 37.3. The number of nitrogens with zero attached hydrogens (tertiary/aromatic N) is 2. The van der Waals surface area contributed by atoms with Crippen molar-refractivity contribution >= 4 is 27.7 Å². The lowest BCUT2D eigenvalue weighted by Crippen LogP contribution is -2.48. The summed E-state index contributed by atoms with van der Waals surface area (Å²) in [4.78, 5) is 24.3. The zero-order valence-electron chi connectivity index (χ0n) is 11.3. The molecule has 0 saturated carbocycles. The van der Waals surface area contributed by atoms with E-state index in [1.807, 2.05) is 0 Å². The molecule has 0 aliphatic rings. The molecule has 0 aromatic carbocycles. The Hall–Kier alpha value is -0.790. The summed E-state index contributed by atoms with van der Waals surface area (Å²) in [5, 5.41) is 0. The number of amides is 2. The van der Waals surface area contributed by atoms with E-state index >= 15 is 0 Å². The smallest absolute Gasteiger partial charge is 0.347 e. The third kappa shape index (κ3) is 6.79. The van der Waals surface area contributed by atoms with Gasteiger partial charge in [-0.25, -0.2) is 0 Å². The Balaban J connectivity index is 4.96. The predicted molar refractivity (Wildman–Crippen MR) is 68.9 cm³/mol. The quantitative estimate of drug-likeness (QED) is 0.713. The van der Waals surface area contributed by atoms with Crippen LogP contribution < -0.4 is 0 Å². The zero-order valence-corrected chi connectivity index (χ0v) is 12.9. The van der Waals surface area contributed by atoms with Gasteiger partial charge in [-0.1, -0.05) is 29.8 Å². The predicted octanol–water partition coefficient (Wildman–Crippen LogP) is 1.89. The molecule has 19 heavy (non-hydrogen) atoms. The number of likely N-dealkylation sites (N-methyl/N-ethyl adjacent to an activating group) is 1. The molecule has 0 spiro atoms. The topological polar surface area (TPSA) is 40.6 Å². The zero-order chi connectivity index (χ0) is 15.4. The molecule has 1 unspecified atom stereocenters. The van der Waals surface area contributed by atoms with Gasteiger partial charge in [0.2, 0.25) is 11.8 Å². The van der Waals surface area contributed by atoms with E-state index in [1.54, 1.807) is 13.8 Å². The van der Waals surface area contributed by atoms with Crippen LogP contribution in [0.4, 0.5) is 13.2 Å². The lowest BCUT2D eigenvalue weighted by molar-refractivity contribution is -0.164. The van der Waals surface area contributed by atoms with Gasteiger partial charge < -0.3 is 9.80 Å². The van der Waals surface area contributed by atoms with Crippen molar-refractivity contribution in [2.45, 2.75) is 24.9 Å². The Morgan fingerprint density at radius 3 is 2.00 bits per heavy atom. The summed E-state index contributed by atoms with van der Waals surface area (Å²) in [7, 11) is 2.85. The van der Waals surface area contributed by atoms with Gasteiger partial charge in [-0.3, -0.25) is 9.59 Å². The number of alkyl halides is 4. The van der Waals surface area contributed by atoms with Crippen molar-refractivity contribution in [2.75, 3.05) is 27.2 Å². The molecule has 0 bridgehead atoms. The van der Waals surface area contributed by atoms with Crippen molar-refractivity contribution in [3.63, 3.8) is 0 Å². The van der Waals surface area contributed by atoms with Crippen molar-refractivity contribution in [1.82, 2.24) is 9.80 Å². The first-order valence-corrected chi connectivity index (χ1v) is 6.57. The molecule has 0 N–H and O–H groups in total. The summed E-state index contributed by atoms with van der Waals surface area (Å²) in [5.41, 5.74) is 0. The molecule has 0 aliphatic carbocycles. The molecule has 0 radical (unpaired) electrons. The van der Waals surface area contributed by atoms with E-state index in [2.05, 4.69) is 15.9 Å². The molecule has 0 aliphatic heterocycles. The molecule has 4 nitrogen and oxygen atoms in total. The molecule has 0 aromatic heterocycles. The molecule has 0 saturated heterocycles. The van der Waals surface area contributed by atoms with Gasteiger partial charge in [0.1, 0.15) is 13.1 Å². The SMILES string of the molecule is CC(C)C(Br)C(=O)N(CC(=O)N(C)C)CC(F)(F)F. The largest absolute Gasteiger partial charge is 0.406 e. The van der Waals surface area contributed by atoms with E-state index in [-0.39, 0.29) is 5.92 Å². The molecular weight excluding hydrogens is 329 g/mol. The molecule has 0 fully saturated rings. The maximum Gasteiger partial charge on any atom is 0.406 e. The van der Waals surface area contributed by atoms with Crippen LogP contribution in [0, 0.1) is 5.92 Å². The minimum Gasteiger partial charge on any atom is -0.347 e. The van der Waals surface area contributed by atoms with E-state index in [1.165, 1.54) is 14.1 Å². The second kappa shape index (κ2) is 7.12. The number of carbonyl (C=O) groups is 2. The maximum atomic E-state index is 12.4. The van der Waals surface area contributed by atoms with E-state index in [0.29, 0.717) is 4.90 Å². The monoisotopic (exact) mass is 346 g/mol. The fraction of sp³-hybridized carbons (Fsp3) is 0.818. The lowest BCUT2D eigenvalue weighted by atomic mass is 10.1. The average molecular weight is 347 g/mol. The molecule has 0 rings (SSSR count). The molecule has 112 valence electrons. The van der Waals surface area contributed by atoms with Gasteiger partial charge in [0.15, 0.2) is 0 Å². The van der Waals surface area contributed by atoms with Crippen molar-refractivity contribution < 1.29 is 22.8 Å². The van der Waals surface area contributed by atoms with E-state index in [4.69, 9.17) is 0 Å². The first-order valence-electron chi connectivity index (χ1n) is 5.65. The van der Waals surface area contributed by atoms with Crippen molar-refractivity contribution in [1.29, 1.82) is 0 Å². The van der Waals surface area contributed by atoms with E-state index < -0.39 is 35.9 Å². The van der Waals surface area contributed by atoms with Crippen LogP contribution in [0.3, 0.4) is 0 Å². The van der Waals surface area contributed by atoms with Crippen LogP contribution in [0.15, 0.2) is 0 Å². The molecule has 2 amide bonds. The number of carbonyl (C=O) groups excluding carboxylic acids is 2. The minimum absolute atomic E-state index is 0.169. The van der Waals surface area contributed by atoms with Gasteiger partial charge in [0.05, 0.1) is 4.83 Å². The Morgan fingerprint density at radius 2 is 1.68 bits per heavy atom.